The van der Waals surface area contributed by atoms with Gasteiger partial charge in [0.25, 0.3) is 5.91 Å². The monoisotopic (exact) mass is 453 g/mol. The summed E-state index contributed by atoms with van der Waals surface area (Å²) < 4.78 is 5.85. The summed E-state index contributed by atoms with van der Waals surface area (Å²) in [6.07, 6.45) is 3.95. The van der Waals surface area contributed by atoms with Crippen molar-refractivity contribution >= 4 is 17.5 Å². The average molecular weight is 454 g/mol. The lowest BCUT2D eigenvalue weighted by atomic mass is 9.95. The number of halogens is 1. The van der Waals surface area contributed by atoms with E-state index in [0.29, 0.717) is 35.1 Å². The highest BCUT2D eigenvalue weighted by molar-refractivity contribution is 6.31. The van der Waals surface area contributed by atoms with Crippen LogP contribution in [0.4, 0.5) is 0 Å². The number of carbonyl (C=O) groups is 1. The summed E-state index contributed by atoms with van der Waals surface area (Å²) in [5, 5.41) is 18.3. The van der Waals surface area contributed by atoms with Crippen LogP contribution in [0.5, 0.6) is 11.5 Å². The number of benzene rings is 2. The summed E-state index contributed by atoms with van der Waals surface area (Å²) in [6.45, 7) is 5.48. The van der Waals surface area contributed by atoms with Crippen LogP contribution in [0.3, 0.4) is 0 Å². The molecule has 7 heteroatoms. The van der Waals surface area contributed by atoms with Crippen molar-refractivity contribution in [3.8, 4) is 22.8 Å². The standard InChI is InChI=1S/C25H28ClN3O3/c1-3-5-6-12-29-24(16-8-7-9-18(14-16)32-13-4-2)21-22(27-28-23(21)25(29)31)19-15-17(26)10-11-20(19)30/h7-11,14-15,24,30H,3-6,12-13H2,1-2H3,(H,27,28). The highest BCUT2D eigenvalue weighted by Crippen LogP contribution is 2.45. The second kappa shape index (κ2) is 9.65. The number of hydrogen-bond acceptors (Lipinski definition) is 4. The van der Waals surface area contributed by atoms with Crippen molar-refractivity contribution in [2.45, 2.75) is 45.6 Å². The molecule has 0 saturated carbocycles. The van der Waals surface area contributed by atoms with Crippen molar-refractivity contribution in [3.63, 3.8) is 0 Å². The van der Waals surface area contributed by atoms with E-state index in [4.69, 9.17) is 16.3 Å². The number of unbranched alkanes of at least 4 members (excludes halogenated alkanes) is 2. The number of aromatic hydroxyl groups is 1. The van der Waals surface area contributed by atoms with E-state index in [9.17, 15) is 9.90 Å². The zero-order valence-electron chi connectivity index (χ0n) is 18.4. The van der Waals surface area contributed by atoms with E-state index in [1.54, 1.807) is 18.2 Å². The molecule has 0 fully saturated rings. The number of carbonyl (C=O) groups excluding carboxylic acids is 1. The number of aromatic amines is 1. The van der Waals surface area contributed by atoms with Crippen molar-refractivity contribution in [1.29, 1.82) is 0 Å². The number of hydrogen-bond donors (Lipinski definition) is 2. The van der Waals surface area contributed by atoms with Crippen molar-refractivity contribution in [2.24, 2.45) is 0 Å². The van der Waals surface area contributed by atoms with Crippen LogP contribution in [0.2, 0.25) is 5.02 Å². The van der Waals surface area contributed by atoms with Gasteiger partial charge in [-0.15, -0.1) is 0 Å². The Labute approximate surface area is 193 Å². The summed E-state index contributed by atoms with van der Waals surface area (Å²) in [4.78, 5) is 15.3. The maximum Gasteiger partial charge on any atom is 0.273 e. The molecular formula is C25H28ClN3O3. The highest BCUT2D eigenvalue weighted by Gasteiger charge is 2.42. The van der Waals surface area contributed by atoms with Crippen LogP contribution in [0.1, 0.15) is 67.2 Å². The average Bonchev–Trinajstić information content (AvgIpc) is 3.33. The first kappa shape index (κ1) is 22.2. The Morgan fingerprint density at radius 1 is 1.16 bits per heavy atom. The normalized spacial score (nSPS) is 15.3. The van der Waals surface area contributed by atoms with Crippen molar-refractivity contribution in [2.75, 3.05) is 13.2 Å². The van der Waals surface area contributed by atoms with Gasteiger partial charge < -0.3 is 14.7 Å². The molecular weight excluding hydrogens is 426 g/mol. The summed E-state index contributed by atoms with van der Waals surface area (Å²) in [5.74, 6) is 0.759. The molecule has 1 aliphatic rings. The minimum atomic E-state index is -0.327. The van der Waals surface area contributed by atoms with Crippen molar-refractivity contribution in [1.82, 2.24) is 15.1 Å². The number of phenols is 1. The summed E-state index contributed by atoms with van der Waals surface area (Å²) >= 11 is 6.21. The number of amides is 1. The first-order valence-corrected chi connectivity index (χ1v) is 11.5. The van der Waals surface area contributed by atoms with Crippen LogP contribution in [0.25, 0.3) is 11.3 Å². The molecule has 4 rings (SSSR count). The lowest BCUT2D eigenvalue weighted by Gasteiger charge is -2.27. The third-order valence-electron chi connectivity index (χ3n) is 5.73. The molecule has 32 heavy (non-hydrogen) atoms. The van der Waals surface area contributed by atoms with E-state index >= 15 is 0 Å². The van der Waals surface area contributed by atoms with Crippen LogP contribution < -0.4 is 4.74 Å². The SMILES string of the molecule is CCCCCN1C(=O)c2[nH]nc(-c3cc(Cl)ccc3O)c2C1c1cccc(OCCC)c1. The molecule has 2 heterocycles. The molecule has 0 saturated heterocycles. The van der Waals surface area contributed by atoms with Gasteiger partial charge in [-0.2, -0.15) is 5.10 Å². The molecule has 0 spiro atoms. The van der Waals surface area contributed by atoms with Gasteiger partial charge in [0.2, 0.25) is 0 Å². The molecule has 2 aromatic carbocycles. The zero-order chi connectivity index (χ0) is 22.7. The number of rotatable bonds is 9. The summed E-state index contributed by atoms with van der Waals surface area (Å²) in [7, 11) is 0. The number of ether oxygens (including phenoxy) is 1. The number of aromatic nitrogens is 2. The summed E-state index contributed by atoms with van der Waals surface area (Å²) in [5.41, 5.74) is 3.21. The Balaban J connectivity index is 1.82. The Bertz CT molecular complexity index is 1110. The van der Waals surface area contributed by atoms with E-state index in [0.717, 1.165) is 42.6 Å². The summed E-state index contributed by atoms with van der Waals surface area (Å²) in [6, 6.07) is 12.4. The van der Waals surface area contributed by atoms with Gasteiger partial charge in [-0.1, -0.05) is 50.4 Å². The van der Waals surface area contributed by atoms with E-state index in [-0.39, 0.29) is 17.7 Å². The third-order valence-corrected chi connectivity index (χ3v) is 5.96. The predicted molar refractivity (Wildman–Crippen MR) is 125 cm³/mol. The molecule has 0 bridgehead atoms. The smallest absolute Gasteiger partial charge is 0.273 e. The number of nitrogens with zero attached hydrogens (tertiary/aromatic N) is 2. The van der Waals surface area contributed by atoms with Gasteiger partial charge in [0.05, 0.1) is 12.6 Å². The minimum Gasteiger partial charge on any atom is -0.507 e. The lowest BCUT2D eigenvalue weighted by molar-refractivity contribution is 0.0740. The lowest BCUT2D eigenvalue weighted by Crippen LogP contribution is -2.30. The molecule has 1 unspecified atom stereocenters. The quantitative estimate of drug-likeness (QED) is 0.392. The van der Waals surface area contributed by atoms with E-state index in [1.807, 2.05) is 29.2 Å². The number of phenolic OH excluding ortho intramolecular Hbond substituents is 1. The van der Waals surface area contributed by atoms with Gasteiger partial charge in [0, 0.05) is 22.7 Å². The maximum atomic E-state index is 13.4. The number of nitrogens with one attached hydrogen (secondary N) is 1. The fourth-order valence-corrected chi connectivity index (χ4v) is 4.38. The van der Waals surface area contributed by atoms with E-state index < -0.39 is 0 Å². The van der Waals surface area contributed by atoms with Gasteiger partial charge in [-0.25, -0.2) is 0 Å². The Hall–Kier alpha value is -2.99. The fourth-order valence-electron chi connectivity index (χ4n) is 4.20. The fraction of sp³-hybridized carbons (Fsp3) is 0.360. The van der Waals surface area contributed by atoms with Gasteiger partial charge in [0.1, 0.15) is 22.9 Å². The van der Waals surface area contributed by atoms with Crippen LogP contribution in [0.15, 0.2) is 42.5 Å². The Kier molecular flexibility index (Phi) is 6.70. The van der Waals surface area contributed by atoms with Crippen molar-refractivity contribution < 1.29 is 14.6 Å². The minimum absolute atomic E-state index is 0.0689. The van der Waals surface area contributed by atoms with Gasteiger partial charge in [-0.3, -0.25) is 9.89 Å². The maximum absolute atomic E-state index is 13.4. The largest absolute Gasteiger partial charge is 0.507 e. The first-order valence-electron chi connectivity index (χ1n) is 11.2. The van der Waals surface area contributed by atoms with Gasteiger partial charge >= 0.3 is 0 Å². The topological polar surface area (TPSA) is 78.5 Å². The third kappa shape index (κ3) is 4.19. The van der Waals surface area contributed by atoms with Crippen LogP contribution in [0, 0.1) is 0 Å². The second-order valence-corrected chi connectivity index (χ2v) is 8.49. The Morgan fingerprint density at radius 2 is 2.00 bits per heavy atom. The van der Waals surface area contributed by atoms with Crippen LogP contribution >= 0.6 is 11.6 Å². The number of fused-ring (bicyclic) bond motifs is 1. The molecule has 1 atom stereocenters. The molecule has 0 radical (unpaired) electrons. The van der Waals surface area contributed by atoms with E-state index in [2.05, 4.69) is 24.0 Å². The molecule has 1 aliphatic heterocycles. The predicted octanol–water partition coefficient (Wildman–Crippen LogP) is 5.96. The molecule has 1 aromatic heterocycles. The highest BCUT2D eigenvalue weighted by atomic mass is 35.5. The van der Waals surface area contributed by atoms with Gasteiger partial charge in [-0.05, 0) is 48.7 Å². The Morgan fingerprint density at radius 3 is 2.78 bits per heavy atom. The molecule has 1 amide bonds. The molecule has 3 aromatic rings. The number of H-pyrrole nitrogens is 1. The van der Waals surface area contributed by atoms with Crippen LogP contribution in [-0.2, 0) is 0 Å². The van der Waals surface area contributed by atoms with E-state index in [1.165, 1.54) is 0 Å². The van der Waals surface area contributed by atoms with Crippen molar-refractivity contribution in [3.05, 3.63) is 64.3 Å². The second-order valence-electron chi connectivity index (χ2n) is 8.05. The molecule has 6 nitrogen and oxygen atoms in total. The molecule has 0 aliphatic carbocycles. The molecule has 168 valence electrons. The van der Waals surface area contributed by atoms with Crippen LogP contribution in [-0.4, -0.2) is 39.3 Å². The zero-order valence-corrected chi connectivity index (χ0v) is 19.2. The molecule has 2 N–H and O–H groups in total. The first-order chi connectivity index (χ1) is 15.5. The van der Waals surface area contributed by atoms with Gasteiger partial charge in [0.15, 0.2) is 0 Å².